The first-order valence-corrected chi connectivity index (χ1v) is 5.73. The van der Waals surface area contributed by atoms with E-state index in [4.69, 9.17) is 21.1 Å². The SMILES string of the molecule is O=C(NCC1COCCO1)c1cccc(Cl)n1. The lowest BCUT2D eigenvalue weighted by molar-refractivity contribution is -0.0855. The molecule has 2 heterocycles. The van der Waals surface area contributed by atoms with Crippen LogP contribution in [-0.4, -0.2) is 43.4 Å². The summed E-state index contributed by atoms with van der Waals surface area (Å²) in [6, 6.07) is 4.92. The molecule has 1 aliphatic heterocycles. The zero-order valence-electron chi connectivity index (χ0n) is 9.19. The summed E-state index contributed by atoms with van der Waals surface area (Å²) in [4.78, 5) is 15.6. The molecule has 5 nitrogen and oxygen atoms in total. The Morgan fingerprint density at radius 1 is 1.53 bits per heavy atom. The molecular weight excluding hydrogens is 244 g/mol. The van der Waals surface area contributed by atoms with Crippen molar-refractivity contribution in [3.63, 3.8) is 0 Å². The van der Waals surface area contributed by atoms with Gasteiger partial charge in [-0.1, -0.05) is 17.7 Å². The number of hydrogen-bond acceptors (Lipinski definition) is 4. The van der Waals surface area contributed by atoms with Crippen LogP contribution in [0.4, 0.5) is 0 Å². The minimum absolute atomic E-state index is 0.0908. The van der Waals surface area contributed by atoms with Gasteiger partial charge in [-0.25, -0.2) is 4.98 Å². The third-order valence-electron chi connectivity index (χ3n) is 2.32. The molecule has 1 aliphatic rings. The molecule has 0 aromatic carbocycles. The summed E-state index contributed by atoms with van der Waals surface area (Å²) in [5.74, 6) is -0.262. The van der Waals surface area contributed by atoms with Gasteiger partial charge in [-0.2, -0.15) is 0 Å². The van der Waals surface area contributed by atoms with Gasteiger partial charge in [0.1, 0.15) is 10.8 Å². The van der Waals surface area contributed by atoms with E-state index >= 15 is 0 Å². The van der Waals surface area contributed by atoms with Gasteiger partial charge in [-0.05, 0) is 12.1 Å². The van der Waals surface area contributed by atoms with Crippen molar-refractivity contribution >= 4 is 17.5 Å². The van der Waals surface area contributed by atoms with Gasteiger partial charge in [0.15, 0.2) is 0 Å². The second kappa shape index (κ2) is 5.95. The summed E-state index contributed by atoms with van der Waals surface area (Å²) in [6.07, 6.45) is -0.0908. The van der Waals surface area contributed by atoms with Crippen LogP contribution in [0.15, 0.2) is 18.2 Å². The minimum Gasteiger partial charge on any atom is -0.376 e. The first-order chi connectivity index (χ1) is 8.25. The average Bonchev–Trinajstić information content (AvgIpc) is 2.37. The van der Waals surface area contributed by atoms with E-state index in [0.717, 1.165) is 0 Å². The van der Waals surface area contributed by atoms with E-state index in [-0.39, 0.29) is 12.0 Å². The molecule has 1 aromatic rings. The fourth-order valence-corrected chi connectivity index (χ4v) is 1.65. The molecule has 1 amide bonds. The first kappa shape index (κ1) is 12.3. The highest BCUT2D eigenvalue weighted by Gasteiger charge is 2.16. The van der Waals surface area contributed by atoms with Gasteiger partial charge in [0, 0.05) is 6.54 Å². The van der Waals surface area contributed by atoms with E-state index in [1.807, 2.05) is 0 Å². The number of halogens is 1. The van der Waals surface area contributed by atoms with Gasteiger partial charge in [0.25, 0.3) is 5.91 Å². The summed E-state index contributed by atoms with van der Waals surface area (Å²) < 4.78 is 10.6. The Morgan fingerprint density at radius 3 is 3.12 bits per heavy atom. The Balaban J connectivity index is 1.84. The van der Waals surface area contributed by atoms with Gasteiger partial charge >= 0.3 is 0 Å². The lowest BCUT2D eigenvalue weighted by atomic mass is 10.3. The van der Waals surface area contributed by atoms with E-state index in [1.54, 1.807) is 18.2 Å². The molecule has 92 valence electrons. The Labute approximate surface area is 104 Å². The van der Waals surface area contributed by atoms with Crippen molar-refractivity contribution in [2.24, 2.45) is 0 Å². The number of carbonyl (C=O) groups excluding carboxylic acids is 1. The third-order valence-corrected chi connectivity index (χ3v) is 2.53. The van der Waals surface area contributed by atoms with Crippen LogP contribution in [0, 0.1) is 0 Å². The molecule has 0 spiro atoms. The molecule has 1 atom stereocenters. The van der Waals surface area contributed by atoms with Gasteiger partial charge < -0.3 is 14.8 Å². The quantitative estimate of drug-likeness (QED) is 0.816. The third kappa shape index (κ3) is 3.66. The molecule has 1 unspecified atom stereocenters. The predicted octanol–water partition coefficient (Wildman–Crippen LogP) is 0.880. The maximum atomic E-state index is 11.7. The van der Waals surface area contributed by atoms with E-state index in [1.165, 1.54) is 0 Å². The van der Waals surface area contributed by atoms with Crippen molar-refractivity contribution in [3.8, 4) is 0 Å². The number of rotatable bonds is 3. The van der Waals surface area contributed by atoms with Crippen molar-refractivity contribution in [2.45, 2.75) is 6.10 Å². The maximum Gasteiger partial charge on any atom is 0.270 e. The molecule has 6 heteroatoms. The van der Waals surface area contributed by atoms with Crippen LogP contribution in [0.5, 0.6) is 0 Å². The van der Waals surface area contributed by atoms with Crippen LogP contribution in [-0.2, 0) is 9.47 Å². The molecule has 0 bridgehead atoms. The highest BCUT2D eigenvalue weighted by Crippen LogP contribution is 2.05. The second-order valence-corrected chi connectivity index (χ2v) is 4.01. The van der Waals surface area contributed by atoms with E-state index in [2.05, 4.69) is 10.3 Å². The average molecular weight is 257 g/mol. The second-order valence-electron chi connectivity index (χ2n) is 3.62. The number of aromatic nitrogens is 1. The first-order valence-electron chi connectivity index (χ1n) is 5.36. The monoisotopic (exact) mass is 256 g/mol. The largest absolute Gasteiger partial charge is 0.376 e. The fraction of sp³-hybridized carbons (Fsp3) is 0.455. The fourth-order valence-electron chi connectivity index (χ4n) is 1.49. The number of nitrogens with zero attached hydrogens (tertiary/aromatic N) is 1. The Bertz CT molecular complexity index is 394. The number of carbonyl (C=O) groups is 1. The van der Waals surface area contributed by atoms with Crippen LogP contribution in [0.1, 0.15) is 10.5 Å². The van der Waals surface area contributed by atoms with Gasteiger partial charge in [-0.15, -0.1) is 0 Å². The Kier molecular flexibility index (Phi) is 4.30. The Morgan fingerprint density at radius 2 is 2.41 bits per heavy atom. The molecule has 2 rings (SSSR count). The molecule has 0 radical (unpaired) electrons. The smallest absolute Gasteiger partial charge is 0.270 e. The number of hydrogen-bond donors (Lipinski definition) is 1. The summed E-state index contributed by atoms with van der Waals surface area (Å²) in [5, 5.41) is 3.03. The molecule has 0 aliphatic carbocycles. The predicted molar refractivity (Wildman–Crippen MR) is 62.1 cm³/mol. The number of pyridine rings is 1. The summed E-state index contributed by atoms with van der Waals surface area (Å²) in [7, 11) is 0. The van der Waals surface area contributed by atoms with E-state index in [9.17, 15) is 4.79 Å². The van der Waals surface area contributed by atoms with Crippen molar-refractivity contribution in [3.05, 3.63) is 29.0 Å². The van der Waals surface area contributed by atoms with E-state index < -0.39 is 0 Å². The van der Waals surface area contributed by atoms with Crippen molar-refractivity contribution in [1.29, 1.82) is 0 Å². The van der Waals surface area contributed by atoms with Crippen molar-refractivity contribution in [2.75, 3.05) is 26.4 Å². The minimum atomic E-state index is -0.262. The molecule has 0 saturated carbocycles. The van der Waals surface area contributed by atoms with Gasteiger partial charge in [-0.3, -0.25) is 4.79 Å². The molecule has 1 N–H and O–H groups in total. The highest BCUT2D eigenvalue weighted by molar-refractivity contribution is 6.29. The maximum absolute atomic E-state index is 11.7. The number of ether oxygens (including phenoxy) is 2. The highest BCUT2D eigenvalue weighted by atomic mass is 35.5. The molecule has 1 aromatic heterocycles. The van der Waals surface area contributed by atoms with Crippen molar-refractivity contribution < 1.29 is 14.3 Å². The lowest BCUT2D eigenvalue weighted by Crippen LogP contribution is -2.39. The molecular formula is C11H13ClN2O3. The van der Waals surface area contributed by atoms with Crippen LogP contribution in [0.3, 0.4) is 0 Å². The van der Waals surface area contributed by atoms with Crippen LogP contribution < -0.4 is 5.32 Å². The van der Waals surface area contributed by atoms with Crippen molar-refractivity contribution in [1.82, 2.24) is 10.3 Å². The summed E-state index contributed by atoms with van der Waals surface area (Å²) >= 11 is 5.70. The molecule has 1 saturated heterocycles. The summed E-state index contributed by atoms with van der Waals surface area (Å²) in [5.41, 5.74) is 0.300. The van der Waals surface area contributed by atoms with Crippen LogP contribution >= 0.6 is 11.6 Å². The number of amides is 1. The van der Waals surface area contributed by atoms with Crippen LogP contribution in [0.25, 0.3) is 0 Å². The number of nitrogens with one attached hydrogen (secondary N) is 1. The molecule has 17 heavy (non-hydrogen) atoms. The Hall–Kier alpha value is -1.17. The lowest BCUT2D eigenvalue weighted by Gasteiger charge is -2.22. The van der Waals surface area contributed by atoms with Gasteiger partial charge in [0.2, 0.25) is 0 Å². The normalized spacial score (nSPS) is 19.9. The van der Waals surface area contributed by atoms with E-state index in [0.29, 0.717) is 37.2 Å². The zero-order chi connectivity index (χ0) is 12.1. The zero-order valence-corrected chi connectivity index (χ0v) is 9.94. The van der Waals surface area contributed by atoms with Crippen LogP contribution in [0.2, 0.25) is 5.15 Å². The standard InChI is InChI=1S/C11H13ClN2O3/c12-10-3-1-2-9(14-10)11(15)13-6-8-7-16-4-5-17-8/h1-3,8H,4-7H2,(H,13,15). The summed E-state index contributed by atoms with van der Waals surface area (Å²) in [6.45, 7) is 2.09. The molecule has 1 fully saturated rings. The van der Waals surface area contributed by atoms with Gasteiger partial charge in [0.05, 0.1) is 25.9 Å². The topological polar surface area (TPSA) is 60.5 Å².